The first kappa shape index (κ1) is 7.35. The first-order valence-electron chi connectivity index (χ1n) is 4.79. The van der Waals surface area contributed by atoms with E-state index in [0.717, 1.165) is 6.04 Å². The molecule has 2 aliphatic rings. The van der Waals surface area contributed by atoms with Gasteiger partial charge in [-0.05, 0) is 45.2 Å². The molecule has 0 aliphatic carbocycles. The second-order valence-corrected chi connectivity index (χ2v) is 3.81. The van der Waals surface area contributed by atoms with Gasteiger partial charge in [0, 0.05) is 6.04 Å². The van der Waals surface area contributed by atoms with Gasteiger partial charge in [-0.2, -0.15) is 0 Å². The van der Waals surface area contributed by atoms with Crippen LogP contribution in [0.2, 0.25) is 0 Å². The van der Waals surface area contributed by atoms with Gasteiger partial charge < -0.3 is 0 Å². The van der Waals surface area contributed by atoms with Crippen LogP contribution in [0.3, 0.4) is 0 Å². The van der Waals surface area contributed by atoms with Gasteiger partial charge in [-0.1, -0.05) is 12.2 Å². The standard InChI is InChI=1S/C10H17N/c1-9-5-2-3-7-11-8-4-6-10(9)11/h10H,1-8H2/t10-/m0/s1. The van der Waals surface area contributed by atoms with E-state index in [1.165, 1.54) is 50.8 Å². The Balaban J connectivity index is 2.09. The molecule has 2 rings (SSSR count). The molecule has 0 radical (unpaired) electrons. The van der Waals surface area contributed by atoms with Crippen LogP contribution in [0.15, 0.2) is 12.2 Å². The number of fused-ring (bicyclic) bond motifs is 1. The van der Waals surface area contributed by atoms with Crippen molar-refractivity contribution in [1.82, 2.24) is 4.90 Å². The van der Waals surface area contributed by atoms with Crippen molar-refractivity contribution in [3.05, 3.63) is 12.2 Å². The molecular formula is C10H17N. The van der Waals surface area contributed by atoms with Crippen molar-refractivity contribution >= 4 is 0 Å². The maximum absolute atomic E-state index is 4.18. The summed E-state index contributed by atoms with van der Waals surface area (Å²) in [6.07, 6.45) is 6.80. The average Bonchev–Trinajstić information content (AvgIpc) is 2.40. The van der Waals surface area contributed by atoms with Crippen LogP contribution in [0.4, 0.5) is 0 Å². The lowest BCUT2D eigenvalue weighted by Gasteiger charge is -2.22. The molecule has 2 aliphatic heterocycles. The molecule has 2 fully saturated rings. The Morgan fingerprint density at radius 1 is 1.18 bits per heavy atom. The molecular weight excluding hydrogens is 134 g/mol. The summed E-state index contributed by atoms with van der Waals surface area (Å²) in [5.74, 6) is 0. The normalized spacial score (nSPS) is 33.5. The monoisotopic (exact) mass is 151 g/mol. The molecule has 62 valence electrons. The lowest BCUT2D eigenvalue weighted by molar-refractivity contribution is 0.290. The topological polar surface area (TPSA) is 3.24 Å². The quantitative estimate of drug-likeness (QED) is 0.480. The van der Waals surface area contributed by atoms with Gasteiger partial charge in [0.05, 0.1) is 0 Å². The zero-order valence-corrected chi connectivity index (χ0v) is 7.18. The van der Waals surface area contributed by atoms with Crippen LogP contribution in [0.5, 0.6) is 0 Å². The molecule has 1 nitrogen and oxygen atoms in total. The molecule has 1 atom stereocenters. The molecule has 0 bridgehead atoms. The molecule has 0 unspecified atom stereocenters. The first-order valence-corrected chi connectivity index (χ1v) is 4.79. The van der Waals surface area contributed by atoms with Gasteiger partial charge in [0.15, 0.2) is 0 Å². The highest BCUT2D eigenvalue weighted by molar-refractivity contribution is 5.09. The third kappa shape index (κ3) is 1.34. The molecule has 2 heterocycles. The van der Waals surface area contributed by atoms with Crippen molar-refractivity contribution in [3.8, 4) is 0 Å². The Bertz CT molecular complexity index is 162. The molecule has 0 spiro atoms. The van der Waals surface area contributed by atoms with Gasteiger partial charge in [0.25, 0.3) is 0 Å². The van der Waals surface area contributed by atoms with Crippen molar-refractivity contribution in [1.29, 1.82) is 0 Å². The van der Waals surface area contributed by atoms with E-state index in [4.69, 9.17) is 0 Å². The van der Waals surface area contributed by atoms with Gasteiger partial charge in [0.2, 0.25) is 0 Å². The maximum atomic E-state index is 4.18. The lowest BCUT2D eigenvalue weighted by Crippen LogP contribution is -2.29. The van der Waals surface area contributed by atoms with Crippen LogP contribution in [0.25, 0.3) is 0 Å². The van der Waals surface area contributed by atoms with E-state index in [1.54, 1.807) is 0 Å². The van der Waals surface area contributed by atoms with Gasteiger partial charge in [-0.25, -0.2) is 0 Å². The molecule has 2 saturated heterocycles. The Kier molecular flexibility index (Phi) is 1.99. The number of rotatable bonds is 0. The molecule has 0 aromatic heterocycles. The zero-order valence-electron chi connectivity index (χ0n) is 7.18. The average molecular weight is 151 g/mol. The molecule has 0 aromatic rings. The molecule has 0 aromatic carbocycles. The van der Waals surface area contributed by atoms with Crippen molar-refractivity contribution in [3.63, 3.8) is 0 Å². The van der Waals surface area contributed by atoms with Gasteiger partial charge >= 0.3 is 0 Å². The van der Waals surface area contributed by atoms with E-state index in [-0.39, 0.29) is 0 Å². The van der Waals surface area contributed by atoms with Crippen LogP contribution in [0.1, 0.15) is 32.1 Å². The highest BCUT2D eigenvalue weighted by Gasteiger charge is 2.27. The van der Waals surface area contributed by atoms with Crippen LogP contribution < -0.4 is 0 Å². The van der Waals surface area contributed by atoms with Crippen molar-refractivity contribution < 1.29 is 0 Å². The first-order chi connectivity index (χ1) is 5.38. The minimum absolute atomic E-state index is 0.762. The van der Waals surface area contributed by atoms with E-state index in [9.17, 15) is 0 Å². The minimum Gasteiger partial charge on any atom is -0.297 e. The summed E-state index contributed by atoms with van der Waals surface area (Å²) < 4.78 is 0. The Morgan fingerprint density at radius 3 is 2.91 bits per heavy atom. The summed E-state index contributed by atoms with van der Waals surface area (Å²) in [5.41, 5.74) is 1.50. The van der Waals surface area contributed by atoms with Crippen molar-refractivity contribution in [2.45, 2.75) is 38.1 Å². The summed E-state index contributed by atoms with van der Waals surface area (Å²) >= 11 is 0. The van der Waals surface area contributed by atoms with E-state index in [2.05, 4.69) is 11.5 Å². The van der Waals surface area contributed by atoms with E-state index < -0.39 is 0 Å². The fraction of sp³-hybridized carbons (Fsp3) is 0.800. The summed E-state index contributed by atoms with van der Waals surface area (Å²) in [7, 11) is 0. The second kappa shape index (κ2) is 2.98. The smallest absolute Gasteiger partial charge is 0.0305 e. The Morgan fingerprint density at radius 2 is 2.00 bits per heavy atom. The lowest BCUT2D eigenvalue weighted by atomic mass is 10.0. The van der Waals surface area contributed by atoms with Crippen molar-refractivity contribution in [2.75, 3.05) is 13.1 Å². The SMILES string of the molecule is C=C1CCCCN2CCC[C@@H]12. The molecule has 0 saturated carbocycles. The number of hydrogen-bond acceptors (Lipinski definition) is 1. The van der Waals surface area contributed by atoms with Crippen LogP contribution >= 0.6 is 0 Å². The van der Waals surface area contributed by atoms with Crippen LogP contribution in [-0.4, -0.2) is 24.0 Å². The number of hydrogen-bond donors (Lipinski definition) is 0. The highest BCUT2D eigenvalue weighted by atomic mass is 15.2. The summed E-state index contributed by atoms with van der Waals surface area (Å²) in [6.45, 7) is 6.82. The third-order valence-corrected chi connectivity index (χ3v) is 3.03. The highest BCUT2D eigenvalue weighted by Crippen LogP contribution is 2.28. The second-order valence-electron chi connectivity index (χ2n) is 3.81. The van der Waals surface area contributed by atoms with Gasteiger partial charge in [0.1, 0.15) is 0 Å². The molecule has 11 heavy (non-hydrogen) atoms. The van der Waals surface area contributed by atoms with Crippen LogP contribution in [-0.2, 0) is 0 Å². The maximum Gasteiger partial charge on any atom is 0.0305 e. The molecule has 0 N–H and O–H groups in total. The molecule has 1 heteroatoms. The predicted molar refractivity (Wildman–Crippen MR) is 47.6 cm³/mol. The fourth-order valence-corrected chi connectivity index (χ4v) is 2.39. The zero-order chi connectivity index (χ0) is 7.68. The summed E-state index contributed by atoms with van der Waals surface area (Å²) in [5, 5.41) is 0. The summed E-state index contributed by atoms with van der Waals surface area (Å²) in [6, 6.07) is 0.762. The minimum atomic E-state index is 0.762. The van der Waals surface area contributed by atoms with E-state index in [1.807, 2.05) is 0 Å². The Labute approximate surface area is 69.1 Å². The van der Waals surface area contributed by atoms with Gasteiger partial charge in [-0.3, -0.25) is 4.90 Å². The van der Waals surface area contributed by atoms with Crippen LogP contribution in [0, 0.1) is 0 Å². The molecule has 0 amide bonds. The predicted octanol–water partition coefficient (Wildman–Crippen LogP) is 2.19. The summed E-state index contributed by atoms with van der Waals surface area (Å²) in [4.78, 5) is 2.62. The fourth-order valence-electron chi connectivity index (χ4n) is 2.39. The van der Waals surface area contributed by atoms with E-state index >= 15 is 0 Å². The van der Waals surface area contributed by atoms with E-state index in [0.29, 0.717) is 0 Å². The van der Waals surface area contributed by atoms with Crippen molar-refractivity contribution in [2.24, 2.45) is 0 Å². The number of nitrogens with zero attached hydrogens (tertiary/aromatic N) is 1. The third-order valence-electron chi connectivity index (χ3n) is 3.03. The Hall–Kier alpha value is -0.300. The van der Waals surface area contributed by atoms with Gasteiger partial charge in [-0.15, -0.1) is 0 Å². The largest absolute Gasteiger partial charge is 0.297 e.